The second-order valence-corrected chi connectivity index (χ2v) is 5.77. The maximum absolute atomic E-state index is 11.7. The van der Waals surface area contributed by atoms with Gasteiger partial charge in [0.2, 0.25) is 0 Å². The van der Waals surface area contributed by atoms with Gasteiger partial charge in [-0.3, -0.25) is 5.32 Å². The molecule has 20 heavy (non-hydrogen) atoms. The van der Waals surface area contributed by atoms with Crippen LogP contribution < -0.4 is 5.32 Å². The number of imidazole rings is 1. The van der Waals surface area contributed by atoms with Gasteiger partial charge in [0.05, 0.1) is 0 Å². The van der Waals surface area contributed by atoms with Gasteiger partial charge < -0.3 is 14.4 Å². The van der Waals surface area contributed by atoms with E-state index >= 15 is 0 Å². The summed E-state index contributed by atoms with van der Waals surface area (Å²) in [6.45, 7) is 5.83. The van der Waals surface area contributed by atoms with Gasteiger partial charge >= 0.3 is 12.1 Å². The van der Waals surface area contributed by atoms with Crippen molar-refractivity contribution < 1.29 is 19.4 Å². The van der Waals surface area contributed by atoms with Crippen molar-refractivity contribution in [2.24, 2.45) is 0 Å². The second-order valence-electron chi connectivity index (χ2n) is 5.77. The fourth-order valence-corrected chi connectivity index (χ4v) is 2.19. The lowest BCUT2D eigenvalue weighted by Gasteiger charge is -2.19. The molecule has 0 bridgehead atoms. The van der Waals surface area contributed by atoms with Gasteiger partial charge in [0.1, 0.15) is 11.4 Å². The maximum atomic E-state index is 11.7. The zero-order valence-electron chi connectivity index (χ0n) is 11.9. The number of carboxylic acids is 1. The van der Waals surface area contributed by atoms with Gasteiger partial charge in [0.15, 0.2) is 11.5 Å². The van der Waals surface area contributed by atoms with Crippen molar-refractivity contribution >= 4 is 17.9 Å². The van der Waals surface area contributed by atoms with Gasteiger partial charge in [-0.05, 0) is 33.6 Å². The third-order valence-electron chi connectivity index (χ3n) is 2.90. The van der Waals surface area contributed by atoms with Crippen LogP contribution in [-0.4, -0.2) is 32.3 Å². The van der Waals surface area contributed by atoms with Crippen molar-refractivity contribution in [1.29, 1.82) is 0 Å². The van der Waals surface area contributed by atoms with Crippen LogP contribution in [0.15, 0.2) is 0 Å². The van der Waals surface area contributed by atoms with Crippen LogP contribution in [0.4, 0.5) is 10.6 Å². The highest BCUT2D eigenvalue weighted by molar-refractivity contribution is 5.96. The van der Waals surface area contributed by atoms with E-state index in [0.29, 0.717) is 12.4 Å². The first-order chi connectivity index (χ1) is 9.28. The van der Waals surface area contributed by atoms with E-state index in [1.54, 1.807) is 25.3 Å². The summed E-state index contributed by atoms with van der Waals surface area (Å²) in [5.74, 6) is -0.347. The Labute approximate surface area is 116 Å². The number of carbonyl (C=O) groups excluding carboxylic acids is 1. The Bertz CT molecular complexity index is 543. The number of carboxylic acid groups (broad SMARTS) is 1. The number of hydrogen-bond acceptors (Lipinski definition) is 4. The van der Waals surface area contributed by atoms with Crippen LogP contribution in [0.3, 0.4) is 0 Å². The second kappa shape index (κ2) is 5.15. The summed E-state index contributed by atoms with van der Waals surface area (Å²) in [4.78, 5) is 27.3. The summed E-state index contributed by atoms with van der Waals surface area (Å²) in [5.41, 5.74) is -0.627. The number of aromatic nitrogens is 2. The topological polar surface area (TPSA) is 93.5 Å². The van der Waals surface area contributed by atoms with E-state index in [9.17, 15) is 14.7 Å². The van der Waals surface area contributed by atoms with Crippen LogP contribution in [0.25, 0.3) is 0 Å². The van der Waals surface area contributed by atoms with E-state index < -0.39 is 17.7 Å². The van der Waals surface area contributed by atoms with Crippen molar-refractivity contribution in [3.63, 3.8) is 0 Å². The molecule has 7 heteroatoms. The van der Waals surface area contributed by atoms with E-state index in [0.717, 1.165) is 19.3 Å². The quantitative estimate of drug-likeness (QED) is 0.867. The molecule has 0 aromatic carbocycles. The van der Waals surface area contributed by atoms with E-state index in [2.05, 4.69) is 10.3 Å². The third-order valence-corrected chi connectivity index (χ3v) is 2.90. The Hall–Kier alpha value is -2.05. The number of anilines is 1. The summed E-state index contributed by atoms with van der Waals surface area (Å²) in [5, 5.41) is 11.7. The Balaban J connectivity index is 2.25. The molecule has 2 heterocycles. The normalized spacial score (nSPS) is 14.6. The van der Waals surface area contributed by atoms with Crippen molar-refractivity contribution in [3.8, 4) is 0 Å². The SMILES string of the molecule is CC(C)(C)OC(=O)Nc1nc2n(c1C(=O)O)CCCC2. The number of hydrogen-bond donors (Lipinski definition) is 2. The molecule has 0 fully saturated rings. The minimum Gasteiger partial charge on any atom is -0.476 e. The van der Waals surface area contributed by atoms with Gasteiger partial charge in [0.25, 0.3) is 0 Å². The number of ether oxygens (including phenoxy) is 1. The average Bonchev–Trinajstić information content (AvgIpc) is 2.63. The molecule has 0 saturated heterocycles. The highest BCUT2D eigenvalue weighted by atomic mass is 16.6. The lowest BCUT2D eigenvalue weighted by Crippen LogP contribution is -2.28. The molecule has 110 valence electrons. The maximum Gasteiger partial charge on any atom is 0.413 e. The number of nitrogens with one attached hydrogen (secondary N) is 1. The first kappa shape index (κ1) is 14.4. The summed E-state index contributed by atoms with van der Waals surface area (Å²) in [7, 11) is 0. The first-order valence-corrected chi connectivity index (χ1v) is 6.60. The Morgan fingerprint density at radius 1 is 1.35 bits per heavy atom. The molecule has 1 amide bonds. The Kier molecular flexibility index (Phi) is 3.69. The fourth-order valence-electron chi connectivity index (χ4n) is 2.19. The molecule has 1 aliphatic heterocycles. The molecule has 0 saturated carbocycles. The van der Waals surface area contributed by atoms with Gasteiger partial charge in [-0.15, -0.1) is 0 Å². The highest BCUT2D eigenvalue weighted by Gasteiger charge is 2.26. The first-order valence-electron chi connectivity index (χ1n) is 6.60. The predicted octanol–water partition coefficient (Wildman–Crippen LogP) is 2.26. The smallest absolute Gasteiger partial charge is 0.413 e. The minimum absolute atomic E-state index is 0.0190. The lowest BCUT2D eigenvalue weighted by molar-refractivity contribution is 0.0635. The van der Waals surface area contributed by atoms with Crippen LogP contribution in [0.2, 0.25) is 0 Å². The fraction of sp³-hybridized carbons (Fsp3) is 0.615. The molecule has 0 spiro atoms. The van der Waals surface area contributed by atoms with Crippen LogP contribution in [0.1, 0.15) is 49.9 Å². The lowest BCUT2D eigenvalue weighted by atomic mass is 10.1. The van der Waals surface area contributed by atoms with Gasteiger partial charge in [0, 0.05) is 13.0 Å². The largest absolute Gasteiger partial charge is 0.476 e. The zero-order chi connectivity index (χ0) is 14.9. The van der Waals surface area contributed by atoms with Gasteiger partial charge in [-0.2, -0.15) is 0 Å². The number of carbonyl (C=O) groups is 2. The molecule has 2 rings (SSSR count). The standard InChI is InChI=1S/C13H19N3O4/c1-13(2,3)20-12(19)15-10-9(11(17)18)16-7-5-4-6-8(16)14-10/h4-7H2,1-3H3,(H,15,19)(H,17,18). The van der Waals surface area contributed by atoms with Crippen LogP contribution in [-0.2, 0) is 17.7 Å². The summed E-state index contributed by atoms with van der Waals surface area (Å²) >= 11 is 0. The molecule has 1 aliphatic rings. The molecule has 1 aromatic rings. The molecule has 0 radical (unpaired) electrons. The van der Waals surface area contributed by atoms with Crippen molar-refractivity contribution in [3.05, 3.63) is 11.5 Å². The summed E-state index contributed by atoms with van der Waals surface area (Å²) in [6.07, 6.45) is 1.91. The Morgan fingerprint density at radius 2 is 2.05 bits per heavy atom. The van der Waals surface area contributed by atoms with E-state index in [1.807, 2.05) is 0 Å². The highest BCUT2D eigenvalue weighted by Crippen LogP contribution is 2.23. The van der Waals surface area contributed by atoms with Crippen LogP contribution in [0, 0.1) is 0 Å². The third kappa shape index (κ3) is 3.09. The van der Waals surface area contributed by atoms with Crippen LogP contribution in [0.5, 0.6) is 0 Å². The molecule has 0 atom stereocenters. The number of nitrogens with zero attached hydrogens (tertiary/aromatic N) is 2. The molecule has 2 N–H and O–H groups in total. The molecular weight excluding hydrogens is 262 g/mol. The molecular formula is C13H19N3O4. The number of aromatic carboxylic acids is 1. The Morgan fingerprint density at radius 3 is 2.65 bits per heavy atom. The molecule has 7 nitrogen and oxygen atoms in total. The van der Waals surface area contributed by atoms with E-state index in [1.165, 1.54) is 0 Å². The number of aryl methyl sites for hydroxylation is 1. The van der Waals surface area contributed by atoms with Gasteiger partial charge in [-0.25, -0.2) is 14.6 Å². The summed E-state index contributed by atoms with van der Waals surface area (Å²) in [6, 6.07) is 0. The molecule has 0 unspecified atom stereocenters. The van der Waals surface area contributed by atoms with Crippen molar-refractivity contribution in [1.82, 2.24) is 9.55 Å². The monoisotopic (exact) mass is 281 g/mol. The number of amides is 1. The zero-order valence-corrected chi connectivity index (χ0v) is 11.9. The number of fused-ring (bicyclic) bond motifs is 1. The predicted molar refractivity (Wildman–Crippen MR) is 72.0 cm³/mol. The van der Waals surface area contributed by atoms with E-state index in [4.69, 9.17) is 4.74 Å². The molecule has 1 aromatic heterocycles. The summed E-state index contributed by atoms with van der Waals surface area (Å²) < 4.78 is 6.77. The van der Waals surface area contributed by atoms with E-state index in [-0.39, 0.29) is 11.5 Å². The van der Waals surface area contributed by atoms with Crippen molar-refractivity contribution in [2.75, 3.05) is 5.32 Å². The molecule has 0 aliphatic carbocycles. The average molecular weight is 281 g/mol. The van der Waals surface area contributed by atoms with Gasteiger partial charge in [-0.1, -0.05) is 0 Å². The van der Waals surface area contributed by atoms with Crippen molar-refractivity contribution in [2.45, 2.75) is 52.2 Å². The minimum atomic E-state index is -1.10. The van der Waals surface area contributed by atoms with Crippen LogP contribution >= 0.6 is 0 Å². The number of rotatable bonds is 2.